The van der Waals surface area contributed by atoms with Gasteiger partial charge in [0.2, 0.25) is 5.95 Å². The number of ether oxygens (including phenoxy) is 1. The molecule has 0 saturated carbocycles. The van der Waals surface area contributed by atoms with Gasteiger partial charge in [-0.25, -0.2) is 4.79 Å². The van der Waals surface area contributed by atoms with E-state index < -0.39 is 0 Å². The number of carbonyl (C=O) groups excluding carboxylic acids is 1. The Kier molecular flexibility index (Phi) is 6.18. The number of para-hydroxylation sites is 1. The summed E-state index contributed by atoms with van der Waals surface area (Å²) >= 11 is 5.97. The molecule has 1 aromatic heterocycles. The molecular formula is C22H24ClN5O2. The molecule has 30 heavy (non-hydrogen) atoms. The van der Waals surface area contributed by atoms with Crippen LogP contribution in [0.3, 0.4) is 0 Å². The maximum atomic E-state index is 13.3. The third-order valence-corrected chi connectivity index (χ3v) is 5.44. The van der Waals surface area contributed by atoms with Crippen molar-refractivity contribution >= 4 is 29.3 Å². The van der Waals surface area contributed by atoms with Crippen LogP contribution in [0.5, 0.6) is 5.75 Å². The molecule has 4 rings (SSSR count). The lowest BCUT2D eigenvalue weighted by atomic mass is 10.2. The third kappa shape index (κ3) is 4.41. The van der Waals surface area contributed by atoms with E-state index in [9.17, 15) is 4.79 Å². The van der Waals surface area contributed by atoms with Crippen molar-refractivity contribution in [1.82, 2.24) is 14.8 Å². The number of methoxy groups -OCH3 is 1. The zero-order valence-corrected chi connectivity index (χ0v) is 17.6. The molecule has 1 aliphatic heterocycles. The number of benzene rings is 2. The van der Waals surface area contributed by atoms with Gasteiger partial charge in [0.25, 0.3) is 0 Å². The topological polar surface area (TPSA) is 72.3 Å². The Morgan fingerprint density at radius 3 is 2.73 bits per heavy atom. The van der Waals surface area contributed by atoms with Gasteiger partial charge in [-0.05, 0) is 43.2 Å². The van der Waals surface area contributed by atoms with Crippen molar-refractivity contribution in [3.63, 3.8) is 0 Å². The second-order valence-electron chi connectivity index (χ2n) is 7.21. The molecule has 3 aromatic rings. The zero-order valence-electron chi connectivity index (χ0n) is 16.8. The van der Waals surface area contributed by atoms with Crippen LogP contribution in [0.15, 0.2) is 48.5 Å². The van der Waals surface area contributed by atoms with Crippen LogP contribution in [0.4, 0.5) is 16.4 Å². The van der Waals surface area contributed by atoms with Crippen LogP contribution in [0.2, 0.25) is 5.02 Å². The van der Waals surface area contributed by atoms with Gasteiger partial charge >= 0.3 is 6.03 Å². The van der Waals surface area contributed by atoms with E-state index in [0.717, 1.165) is 49.4 Å². The third-order valence-electron chi connectivity index (χ3n) is 5.19. The molecule has 0 atom stereocenters. The Balaban J connectivity index is 1.68. The lowest BCUT2D eigenvalue weighted by molar-refractivity contribution is 0.256. The van der Waals surface area contributed by atoms with Crippen LogP contribution in [0.1, 0.15) is 30.7 Å². The zero-order chi connectivity index (χ0) is 20.9. The van der Waals surface area contributed by atoms with E-state index in [1.54, 1.807) is 36.3 Å². The smallest absolute Gasteiger partial charge is 0.329 e. The first kappa shape index (κ1) is 20.2. The number of nitrogens with zero attached hydrogens (tertiary/aromatic N) is 4. The summed E-state index contributed by atoms with van der Waals surface area (Å²) in [6.45, 7) is 1.11. The summed E-state index contributed by atoms with van der Waals surface area (Å²) in [7, 11) is 1.63. The molecule has 2 amide bonds. The van der Waals surface area contributed by atoms with E-state index in [2.05, 4.69) is 20.1 Å². The van der Waals surface area contributed by atoms with Gasteiger partial charge in [-0.1, -0.05) is 36.2 Å². The number of fused-ring (bicyclic) bond motifs is 1. The highest BCUT2D eigenvalue weighted by molar-refractivity contribution is 6.30. The van der Waals surface area contributed by atoms with Gasteiger partial charge in [0.1, 0.15) is 11.6 Å². The number of halogens is 1. The first-order valence-corrected chi connectivity index (χ1v) is 10.4. The predicted octanol–water partition coefficient (Wildman–Crippen LogP) is 4.91. The highest BCUT2D eigenvalue weighted by Crippen LogP contribution is 2.26. The highest BCUT2D eigenvalue weighted by Gasteiger charge is 2.26. The van der Waals surface area contributed by atoms with Crippen molar-refractivity contribution < 1.29 is 9.53 Å². The highest BCUT2D eigenvalue weighted by atomic mass is 35.5. The summed E-state index contributed by atoms with van der Waals surface area (Å²) in [6.07, 6.45) is 4.14. The summed E-state index contributed by atoms with van der Waals surface area (Å²) in [4.78, 5) is 15.0. The summed E-state index contributed by atoms with van der Waals surface area (Å²) in [6, 6.07) is 14.4. The lowest BCUT2D eigenvalue weighted by Crippen LogP contribution is -2.36. The van der Waals surface area contributed by atoms with Crippen molar-refractivity contribution in [2.45, 2.75) is 38.8 Å². The average Bonchev–Trinajstić information content (AvgIpc) is 3.01. The first-order valence-electron chi connectivity index (χ1n) is 10.0. The van der Waals surface area contributed by atoms with Crippen molar-refractivity contribution in [2.24, 2.45) is 0 Å². The van der Waals surface area contributed by atoms with Gasteiger partial charge in [-0.2, -0.15) is 0 Å². The Labute approximate surface area is 180 Å². The van der Waals surface area contributed by atoms with Crippen LogP contribution in [-0.4, -0.2) is 27.9 Å². The SMILES string of the molecule is COc1ccccc1CN(C(=O)Nc1ccc(Cl)cc1)c1nnc2n1CCCCC2. The minimum absolute atomic E-state index is 0.289. The van der Waals surface area contributed by atoms with E-state index in [1.807, 2.05) is 24.3 Å². The normalized spacial score (nSPS) is 13.3. The van der Waals surface area contributed by atoms with Crippen molar-refractivity contribution in [3.8, 4) is 5.75 Å². The number of rotatable bonds is 5. The average molecular weight is 426 g/mol. The molecule has 8 heteroatoms. The van der Waals surface area contributed by atoms with Gasteiger partial charge in [-0.15, -0.1) is 10.2 Å². The van der Waals surface area contributed by atoms with Crippen LogP contribution in [0.25, 0.3) is 0 Å². The Morgan fingerprint density at radius 1 is 1.13 bits per heavy atom. The quantitative estimate of drug-likeness (QED) is 0.630. The summed E-state index contributed by atoms with van der Waals surface area (Å²) < 4.78 is 7.55. The molecule has 0 bridgehead atoms. The molecule has 0 saturated heterocycles. The number of aromatic nitrogens is 3. The lowest BCUT2D eigenvalue weighted by Gasteiger charge is -2.24. The fraction of sp³-hybridized carbons (Fsp3) is 0.318. The Morgan fingerprint density at radius 2 is 1.93 bits per heavy atom. The predicted molar refractivity (Wildman–Crippen MR) is 117 cm³/mol. The number of urea groups is 1. The summed E-state index contributed by atoms with van der Waals surface area (Å²) in [5.74, 6) is 2.19. The summed E-state index contributed by atoms with van der Waals surface area (Å²) in [5, 5.41) is 12.3. The Hall–Kier alpha value is -3.06. The molecule has 2 aromatic carbocycles. The van der Waals surface area contributed by atoms with Gasteiger partial charge in [0, 0.05) is 29.2 Å². The van der Waals surface area contributed by atoms with E-state index in [0.29, 0.717) is 23.2 Å². The van der Waals surface area contributed by atoms with Crippen LogP contribution in [-0.2, 0) is 19.5 Å². The second-order valence-corrected chi connectivity index (χ2v) is 7.65. The van der Waals surface area contributed by atoms with E-state index in [4.69, 9.17) is 16.3 Å². The number of amides is 2. The minimum Gasteiger partial charge on any atom is -0.496 e. The Bertz CT molecular complexity index is 1020. The molecule has 156 valence electrons. The number of anilines is 2. The van der Waals surface area contributed by atoms with Gasteiger partial charge in [0.15, 0.2) is 0 Å². The minimum atomic E-state index is -0.289. The van der Waals surface area contributed by atoms with Crippen LogP contribution >= 0.6 is 11.6 Å². The molecular weight excluding hydrogens is 402 g/mol. The monoisotopic (exact) mass is 425 g/mol. The largest absolute Gasteiger partial charge is 0.496 e. The molecule has 0 spiro atoms. The van der Waals surface area contributed by atoms with Crippen molar-refractivity contribution in [3.05, 3.63) is 64.9 Å². The fourth-order valence-corrected chi connectivity index (χ4v) is 3.76. The van der Waals surface area contributed by atoms with Gasteiger partial charge in [0.05, 0.1) is 13.7 Å². The van der Waals surface area contributed by atoms with Crippen molar-refractivity contribution in [1.29, 1.82) is 0 Å². The molecule has 1 aliphatic rings. The van der Waals surface area contributed by atoms with E-state index >= 15 is 0 Å². The van der Waals surface area contributed by atoms with Crippen LogP contribution in [0, 0.1) is 0 Å². The van der Waals surface area contributed by atoms with Crippen LogP contribution < -0.4 is 15.0 Å². The van der Waals surface area contributed by atoms with Gasteiger partial charge < -0.3 is 10.1 Å². The number of aryl methyl sites for hydroxylation is 1. The number of hydrogen-bond acceptors (Lipinski definition) is 4. The maximum Gasteiger partial charge on any atom is 0.329 e. The van der Waals surface area contributed by atoms with E-state index in [1.165, 1.54) is 0 Å². The van der Waals surface area contributed by atoms with E-state index in [-0.39, 0.29) is 6.03 Å². The summed E-state index contributed by atoms with van der Waals surface area (Å²) in [5.41, 5.74) is 1.54. The number of carbonyl (C=O) groups is 1. The molecule has 1 N–H and O–H groups in total. The molecule has 7 nitrogen and oxygen atoms in total. The maximum absolute atomic E-state index is 13.3. The number of nitrogens with one attached hydrogen (secondary N) is 1. The second kappa shape index (κ2) is 9.17. The molecule has 0 unspecified atom stereocenters. The van der Waals surface area contributed by atoms with Crippen molar-refractivity contribution in [2.75, 3.05) is 17.3 Å². The van der Waals surface area contributed by atoms with Gasteiger partial charge in [-0.3, -0.25) is 9.47 Å². The molecule has 2 heterocycles. The molecule has 0 fully saturated rings. The first-order chi connectivity index (χ1) is 14.7. The molecule has 0 aliphatic carbocycles. The standard InChI is InChI=1S/C22H24ClN5O2/c1-30-19-8-5-4-7-16(19)15-28(22(29)24-18-12-10-17(23)11-13-18)21-26-25-20-9-3-2-6-14-27(20)21/h4-5,7-8,10-13H,2-3,6,9,14-15H2,1H3,(H,24,29). The molecule has 0 radical (unpaired) electrons. The number of hydrogen-bond donors (Lipinski definition) is 1. The fourth-order valence-electron chi connectivity index (χ4n) is 3.63.